The van der Waals surface area contributed by atoms with E-state index < -0.39 is 71.0 Å². The van der Waals surface area contributed by atoms with Gasteiger partial charge in [-0.15, -0.1) is 0 Å². The lowest BCUT2D eigenvalue weighted by atomic mass is 9.96. The first-order valence-electron chi connectivity index (χ1n) is 24.7. The highest BCUT2D eigenvalue weighted by atomic mass is 32.2. The van der Waals surface area contributed by atoms with Gasteiger partial charge in [0.25, 0.3) is 0 Å². The Balaban J connectivity index is 2.75. The molecule has 9 atom stereocenters. The average molecular weight is 933 g/mol. The molecule has 14 nitrogen and oxygen atoms in total. The molecule has 1 aromatic rings. The number of rotatable bonds is 42. The maximum Gasteiger partial charge on any atom is 0.311 e. The van der Waals surface area contributed by atoms with Crippen LogP contribution in [0.5, 0.6) is 5.75 Å². The Morgan fingerprint density at radius 3 is 1.61 bits per heavy atom. The van der Waals surface area contributed by atoms with Crippen LogP contribution in [0.3, 0.4) is 0 Å². The van der Waals surface area contributed by atoms with Crippen LogP contribution in [0, 0.1) is 0 Å². The lowest BCUT2D eigenvalue weighted by Crippen LogP contribution is -2.63. The summed E-state index contributed by atoms with van der Waals surface area (Å²) in [6.07, 6.45) is 6.73. The molecule has 1 aliphatic rings. The zero-order valence-electron chi connectivity index (χ0n) is 40.9. The second kappa shape index (κ2) is 36.3. The van der Waals surface area contributed by atoms with Crippen LogP contribution in [0.1, 0.15) is 155 Å². The predicted octanol–water partition coefficient (Wildman–Crippen LogP) is 9.28. The smallest absolute Gasteiger partial charge is 0.311 e. The minimum absolute atomic E-state index is 0.0783. The maximum absolute atomic E-state index is 13.8. The molecular formula is C49H88O14S. The van der Waals surface area contributed by atoms with Gasteiger partial charge in [0, 0.05) is 65.5 Å². The molecule has 0 radical (unpaired) electrons. The third kappa shape index (κ3) is 22.8. The highest BCUT2D eigenvalue weighted by molar-refractivity contribution is 7.87. The van der Waals surface area contributed by atoms with Crippen molar-refractivity contribution in [2.24, 2.45) is 0 Å². The Kier molecular flexibility index (Phi) is 33.1. The van der Waals surface area contributed by atoms with Crippen molar-refractivity contribution in [3.63, 3.8) is 0 Å². The third-order valence-corrected chi connectivity index (χ3v) is 12.2. The van der Waals surface area contributed by atoms with Crippen molar-refractivity contribution in [3.05, 3.63) is 29.8 Å². The largest absolute Gasteiger partial charge is 0.382 e. The fourth-order valence-electron chi connectivity index (χ4n) is 7.09. The highest BCUT2D eigenvalue weighted by Gasteiger charge is 2.51. The lowest BCUT2D eigenvalue weighted by Gasteiger charge is -2.47. The zero-order chi connectivity index (χ0) is 46.8. The molecule has 0 saturated carbocycles. The summed E-state index contributed by atoms with van der Waals surface area (Å²) in [4.78, 5) is 11.3. The quantitative estimate of drug-likeness (QED) is 0.0348. The van der Waals surface area contributed by atoms with Crippen molar-refractivity contribution in [3.8, 4) is 5.75 Å². The second-order valence-corrected chi connectivity index (χ2v) is 18.2. The number of carbonyl (C=O) groups is 1. The van der Waals surface area contributed by atoms with E-state index in [-0.39, 0.29) is 12.4 Å². The number of aldehydes is 1. The van der Waals surface area contributed by atoms with Crippen LogP contribution in [-0.2, 0) is 57.5 Å². The third-order valence-electron chi connectivity index (χ3n) is 11.0. The number of unbranched alkanes of at least 4 members (excludes halogenated alkanes) is 7. The molecule has 15 heteroatoms. The number of benzene rings is 1. The number of methoxy groups -OCH3 is 1. The minimum Gasteiger partial charge on any atom is -0.382 e. The Hall–Kier alpha value is -1.76. The Bertz CT molecular complexity index is 1370. The van der Waals surface area contributed by atoms with Gasteiger partial charge in [-0.2, -0.15) is 8.42 Å². The molecule has 1 aromatic carbocycles. The van der Waals surface area contributed by atoms with Crippen LogP contribution < -0.4 is 4.18 Å². The fraction of sp³-hybridized carbons (Fsp3) is 0.857. The van der Waals surface area contributed by atoms with Gasteiger partial charge in [-0.05, 0) is 75.6 Å². The Morgan fingerprint density at radius 2 is 1.08 bits per heavy atom. The molecule has 64 heavy (non-hydrogen) atoms. The van der Waals surface area contributed by atoms with E-state index in [1.54, 1.807) is 0 Å². The van der Waals surface area contributed by atoms with Gasteiger partial charge < -0.3 is 51.6 Å². The average Bonchev–Trinajstić information content (AvgIpc) is 3.29. The van der Waals surface area contributed by atoms with E-state index >= 15 is 0 Å². The molecule has 0 spiro atoms. The van der Waals surface area contributed by atoms with Crippen molar-refractivity contribution in [1.29, 1.82) is 0 Å². The normalized spacial score (nSPS) is 21.1. The number of carbonyl (C=O) groups excluding carboxylic acids is 1. The van der Waals surface area contributed by atoms with E-state index in [1.807, 2.05) is 0 Å². The maximum atomic E-state index is 13.8. The summed E-state index contributed by atoms with van der Waals surface area (Å²) >= 11 is 0. The summed E-state index contributed by atoms with van der Waals surface area (Å²) in [6, 6.07) is 5.89. The van der Waals surface area contributed by atoms with Crippen molar-refractivity contribution in [2.45, 2.75) is 200 Å². The molecule has 374 valence electrons. The molecule has 0 bridgehead atoms. The van der Waals surface area contributed by atoms with Gasteiger partial charge in [0.15, 0.2) is 6.29 Å². The van der Waals surface area contributed by atoms with Gasteiger partial charge in [0.05, 0.1) is 12.7 Å². The van der Waals surface area contributed by atoms with E-state index in [0.29, 0.717) is 71.1 Å². The Labute approximate surface area is 387 Å². The number of hydrogen-bond donors (Lipinski definition) is 0. The van der Waals surface area contributed by atoms with Gasteiger partial charge in [-0.3, -0.25) is 4.79 Å². The van der Waals surface area contributed by atoms with E-state index in [4.69, 9.17) is 51.6 Å². The van der Waals surface area contributed by atoms with Crippen molar-refractivity contribution in [1.82, 2.24) is 0 Å². The molecule has 1 heterocycles. The van der Waals surface area contributed by atoms with Crippen molar-refractivity contribution in [2.75, 3.05) is 72.3 Å². The van der Waals surface area contributed by atoms with Crippen LogP contribution in [0.4, 0.5) is 0 Å². The number of ether oxygens (including phenoxy) is 10. The van der Waals surface area contributed by atoms with Gasteiger partial charge >= 0.3 is 10.1 Å². The van der Waals surface area contributed by atoms with Gasteiger partial charge in [0.1, 0.15) is 60.5 Å². The molecule has 1 fully saturated rings. The topological polar surface area (TPSA) is 153 Å². The SMILES string of the molecule is CCCCOCC[C@@H](O[C@@H]1OC(COCCCC)[C@@H](OCCCC)C(OCCCC)[C@@H]1OCCCC)C(OCCCC)[C@H](OCCCC)[C@H](CS(=O)(=O)Oc1ccc(C=O)cc1)OC. The summed E-state index contributed by atoms with van der Waals surface area (Å²) in [5.74, 6) is -0.470. The van der Waals surface area contributed by atoms with Crippen LogP contribution >= 0.6 is 0 Å². The molecule has 2 rings (SSSR count). The van der Waals surface area contributed by atoms with Crippen molar-refractivity contribution < 1.29 is 64.8 Å². The molecule has 0 N–H and O–H groups in total. The predicted molar refractivity (Wildman–Crippen MR) is 250 cm³/mol. The van der Waals surface area contributed by atoms with E-state index in [1.165, 1.54) is 31.4 Å². The van der Waals surface area contributed by atoms with Gasteiger partial charge in [-0.1, -0.05) is 93.4 Å². The van der Waals surface area contributed by atoms with E-state index in [0.717, 1.165) is 89.9 Å². The van der Waals surface area contributed by atoms with Gasteiger partial charge in [-0.25, -0.2) is 0 Å². The van der Waals surface area contributed by atoms with Crippen LogP contribution in [0.25, 0.3) is 0 Å². The first-order chi connectivity index (χ1) is 31.2. The standard InChI is InChI=1S/C49H88O14S/c1-9-16-28-54-35-27-41(44(56-30-18-11-3)46(58-32-20-13-5)43(53-8)38-64(51,52)63-40-25-23-39(36-50)24-26-40)61-49-48(60-34-22-15-7)47(59-33-21-14-6)45(57-31-19-12-4)42(62-49)37-55-29-17-10-2/h23-26,36,41-49H,9-22,27-35,37-38H2,1-8H3/t41-,42?,43+,44?,45-,46-,47?,48+,49-/m1/s1. The molecule has 3 unspecified atom stereocenters. The number of hydrogen-bond acceptors (Lipinski definition) is 14. The highest BCUT2D eigenvalue weighted by Crippen LogP contribution is 2.33. The second-order valence-electron chi connectivity index (χ2n) is 16.6. The van der Waals surface area contributed by atoms with Crippen molar-refractivity contribution >= 4 is 16.4 Å². The molecule has 0 aliphatic carbocycles. The van der Waals surface area contributed by atoms with Crippen LogP contribution in [0.2, 0.25) is 0 Å². The van der Waals surface area contributed by atoms with Gasteiger partial charge in [0.2, 0.25) is 0 Å². The summed E-state index contributed by atoms with van der Waals surface area (Å²) in [5, 5.41) is 0. The first kappa shape index (κ1) is 58.4. The molecule has 1 aliphatic heterocycles. The summed E-state index contributed by atoms with van der Waals surface area (Å²) in [5.41, 5.74) is 0.398. The molecular weight excluding hydrogens is 845 g/mol. The van der Waals surface area contributed by atoms with E-state index in [2.05, 4.69) is 48.5 Å². The monoisotopic (exact) mass is 933 g/mol. The summed E-state index contributed by atoms with van der Waals surface area (Å²) in [6.45, 7) is 18.8. The van der Waals surface area contributed by atoms with Crippen LogP contribution in [-0.4, -0.2) is 142 Å². The first-order valence-corrected chi connectivity index (χ1v) is 26.3. The lowest BCUT2D eigenvalue weighted by molar-refractivity contribution is -0.341. The van der Waals surface area contributed by atoms with E-state index in [9.17, 15) is 13.2 Å². The van der Waals surface area contributed by atoms with Crippen LogP contribution in [0.15, 0.2) is 24.3 Å². The molecule has 0 aromatic heterocycles. The summed E-state index contributed by atoms with van der Waals surface area (Å²) in [7, 11) is -2.80. The molecule has 0 amide bonds. The zero-order valence-corrected chi connectivity index (χ0v) is 41.7. The molecule has 1 saturated heterocycles. The Morgan fingerprint density at radius 1 is 0.594 bits per heavy atom. The summed E-state index contributed by atoms with van der Waals surface area (Å²) < 4.78 is 99.5. The minimum atomic E-state index is -4.26. The fourth-order valence-corrected chi connectivity index (χ4v) is 8.29.